The first-order valence-corrected chi connectivity index (χ1v) is 5.30. The number of hydrogen-bond donors (Lipinski definition) is 1. The summed E-state index contributed by atoms with van der Waals surface area (Å²) in [6.07, 6.45) is 7.22. The van der Waals surface area contributed by atoms with Crippen molar-refractivity contribution in [3.05, 3.63) is 0 Å². The van der Waals surface area contributed by atoms with E-state index in [0.717, 1.165) is 17.5 Å². The van der Waals surface area contributed by atoms with Gasteiger partial charge in [0.15, 0.2) is 0 Å². The van der Waals surface area contributed by atoms with E-state index in [0.29, 0.717) is 0 Å². The Hall–Kier alpha value is 0.310. The van der Waals surface area contributed by atoms with Crippen LogP contribution in [0, 0.1) is 0 Å². The van der Waals surface area contributed by atoms with Crippen LogP contribution >= 0.6 is 11.8 Å². The molecule has 1 fully saturated rings. The van der Waals surface area contributed by atoms with Gasteiger partial charge >= 0.3 is 0 Å². The Labute approximate surface area is 67.8 Å². The molecule has 0 spiro atoms. The highest BCUT2D eigenvalue weighted by molar-refractivity contribution is 7.99. The van der Waals surface area contributed by atoms with Crippen LogP contribution in [0.1, 0.15) is 32.1 Å². The van der Waals surface area contributed by atoms with Crippen LogP contribution in [-0.4, -0.2) is 17.5 Å². The van der Waals surface area contributed by atoms with Gasteiger partial charge in [0.2, 0.25) is 0 Å². The molecule has 0 heterocycles. The van der Waals surface area contributed by atoms with E-state index in [2.05, 4.69) is 11.8 Å². The quantitative estimate of drug-likeness (QED) is 0.681. The van der Waals surface area contributed by atoms with E-state index in [9.17, 15) is 0 Å². The molecule has 2 heteroatoms. The smallest absolute Gasteiger partial charge is 0.00586 e. The summed E-state index contributed by atoms with van der Waals surface area (Å²) < 4.78 is 0. The number of rotatable bonds is 3. The van der Waals surface area contributed by atoms with Crippen molar-refractivity contribution in [3.8, 4) is 0 Å². The number of hydrogen-bond acceptors (Lipinski definition) is 2. The standard InChI is InChI=1S/C8H17NS/c9-6-7-10-8-4-2-1-3-5-8/h8H,1-7,9H2. The number of thioether (sulfide) groups is 1. The van der Waals surface area contributed by atoms with Gasteiger partial charge in [-0.15, -0.1) is 0 Å². The zero-order valence-corrected chi connectivity index (χ0v) is 7.33. The molecule has 0 aromatic rings. The van der Waals surface area contributed by atoms with Gasteiger partial charge in [0.1, 0.15) is 0 Å². The van der Waals surface area contributed by atoms with Crippen molar-refractivity contribution in [1.29, 1.82) is 0 Å². The van der Waals surface area contributed by atoms with Gasteiger partial charge in [-0.2, -0.15) is 11.8 Å². The average molecular weight is 159 g/mol. The minimum absolute atomic E-state index is 0.848. The Kier molecular flexibility index (Phi) is 4.23. The van der Waals surface area contributed by atoms with Crippen molar-refractivity contribution in [1.82, 2.24) is 0 Å². The summed E-state index contributed by atoms with van der Waals surface area (Å²) in [6.45, 7) is 0.848. The van der Waals surface area contributed by atoms with Gasteiger partial charge in [-0.25, -0.2) is 0 Å². The fourth-order valence-electron chi connectivity index (χ4n) is 1.47. The number of nitrogens with two attached hydrogens (primary N) is 1. The molecule has 0 saturated heterocycles. The third kappa shape index (κ3) is 2.93. The van der Waals surface area contributed by atoms with E-state index in [1.54, 1.807) is 0 Å². The minimum Gasteiger partial charge on any atom is -0.330 e. The van der Waals surface area contributed by atoms with Crippen molar-refractivity contribution in [3.63, 3.8) is 0 Å². The van der Waals surface area contributed by atoms with Gasteiger partial charge in [-0.1, -0.05) is 19.3 Å². The van der Waals surface area contributed by atoms with Crippen LogP contribution in [0.4, 0.5) is 0 Å². The lowest BCUT2D eigenvalue weighted by molar-refractivity contribution is 0.516. The molecule has 2 N–H and O–H groups in total. The lowest BCUT2D eigenvalue weighted by Gasteiger charge is -2.20. The molecule has 60 valence electrons. The molecule has 0 radical (unpaired) electrons. The van der Waals surface area contributed by atoms with E-state index < -0.39 is 0 Å². The van der Waals surface area contributed by atoms with Gasteiger partial charge in [-0.3, -0.25) is 0 Å². The van der Waals surface area contributed by atoms with Crippen molar-refractivity contribution in [2.24, 2.45) is 5.73 Å². The maximum absolute atomic E-state index is 5.42. The van der Waals surface area contributed by atoms with Crippen molar-refractivity contribution < 1.29 is 0 Å². The second kappa shape index (κ2) is 5.03. The molecule has 10 heavy (non-hydrogen) atoms. The van der Waals surface area contributed by atoms with Crippen LogP contribution in [0.25, 0.3) is 0 Å². The summed E-state index contributed by atoms with van der Waals surface area (Å²) in [5, 5.41) is 0.942. The molecule has 1 rings (SSSR count). The molecule has 0 bridgehead atoms. The van der Waals surface area contributed by atoms with Crippen LogP contribution in [-0.2, 0) is 0 Å². The largest absolute Gasteiger partial charge is 0.330 e. The first-order valence-electron chi connectivity index (χ1n) is 4.25. The van der Waals surface area contributed by atoms with Gasteiger partial charge in [0.25, 0.3) is 0 Å². The van der Waals surface area contributed by atoms with Crippen LogP contribution in [0.15, 0.2) is 0 Å². The highest BCUT2D eigenvalue weighted by Gasteiger charge is 2.12. The fraction of sp³-hybridized carbons (Fsp3) is 1.00. The molecule has 0 atom stereocenters. The van der Waals surface area contributed by atoms with E-state index in [1.807, 2.05) is 0 Å². The monoisotopic (exact) mass is 159 g/mol. The van der Waals surface area contributed by atoms with Crippen LogP contribution in [0.3, 0.4) is 0 Å². The second-order valence-electron chi connectivity index (χ2n) is 2.92. The fourth-order valence-corrected chi connectivity index (χ4v) is 2.60. The highest BCUT2D eigenvalue weighted by Crippen LogP contribution is 2.27. The Morgan fingerprint density at radius 1 is 1.20 bits per heavy atom. The lowest BCUT2D eigenvalue weighted by Crippen LogP contribution is -2.11. The van der Waals surface area contributed by atoms with E-state index in [4.69, 9.17) is 5.73 Å². The third-order valence-electron chi connectivity index (χ3n) is 2.02. The molecule has 0 unspecified atom stereocenters. The molecule has 0 amide bonds. The van der Waals surface area contributed by atoms with E-state index in [-0.39, 0.29) is 0 Å². The zero-order chi connectivity index (χ0) is 7.23. The predicted octanol–water partition coefficient (Wildman–Crippen LogP) is 2.01. The molecule has 0 aliphatic heterocycles. The first kappa shape index (κ1) is 8.41. The van der Waals surface area contributed by atoms with E-state index >= 15 is 0 Å². The zero-order valence-electron chi connectivity index (χ0n) is 6.51. The van der Waals surface area contributed by atoms with Crippen LogP contribution in [0.2, 0.25) is 0 Å². The predicted molar refractivity (Wildman–Crippen MR) is 48.4 cm³/mol. The van der Waals surface area contributed by atoms with Crippen molar-refractivity contribution in [2.75, 3.05) is 12.3 Å². The Bertz CT molecular complexity index is 79.3. The Balaban J connectivity index is 2.02. The molecule has 1 saturated carbocycles. The summed E-state index contributed by atoms with van der Waals surface area (Å²) in [5.41, 5.74) is 5.42. The molecule has 0 aromatic carbocycles. The minimum atomic E-state index is 0.848. The van der Waals surface area contributed by atoms with Gasteiger partial charge < -0.3 is 5.73 Å². The highest BCUT2D eigenvalue weighted by atomic mass is 32.2. The molecular formula is C8H17NS. The summed E-state index contributed by atoms with van der Waals surface area (Å²) in [6, 6.07) is 0. The maximum atomic E-state index is 5.42. The normalized spacial score (nSPS) is 21.3. The molecular weight excluding hydrogens is 142 g/mol. The van der Waals surface area contributed by atoms with Gasteiger partial charge in [0, 0.05) is 17.5 Å². The van der Waals surface area contributed by atoms with Crippen molar-refractivity contribution >= 4 is 11.8 Å². The van der Waals surface area contributed by atoms with E-state index in [1.165, 1.54) is 32.1 Å². The second-order valence-corrected chi connectivity index (χ2v) is 4.33. The summed E-state index contributed by atoms with van der Waals surface area (Å²) >= 11 is 2.07. The lowest BCUT2D eigenvalue weighted by atomic mass is 10.0. The van der Waals surface area contributed by atoms with Gasteiger partial charge in [-0.05, 0) is 12.8 Å². The van der Waals surface area contributed by atoms with Gasteiger partial charge in [0.05, 0.1) is 0 Å². The third-order valence-corrected chi connectivity index (χ3v) is 3.44. The van der Waals surface area contributed by atoms with Crippen LogP contribution in [0.5, 0.6) is 0 Å². The molecule has 1 aliphatic carbocycles. The molecule has 0 aromatic heterocycles. The first-order chi connectivity index (χ1) is 4.93. The average Bonchev–Trinajstić information content (AvgIpc) is 2.03. The summed E-state index contributed by atoms with van der Waals surface area (Å²) in [7, 11) is 0. The summed E-state index contributed by atoms with van der Waals surface area (Å²) in [5.74, 6) is 1.16. The SMILES string of the molecule is NCCSC1CCCCC1. The Morgan fingerprint density at radius 2 is 1.90 bits per heavy atom. The molecule has 1 nitrogen and oxygen atoms in total. The Morgan fingerprint density at radius 3 is 2.50 bits per heavy atom. The van der Waals surface area contributed by atoms with Crippen LogP contribution < -0.4 is 5.73 Å². The maximum Gasteiger partial charge on any atom is 0.00586 e. The molecule has 1 aliphatic rings. The topological polar surface area (TPSA) is 26.0 Å². The summed E-state index contributed by atoms with van der Waals surface area (Å²) in [4.78, 5) is 0. The van der Waals surface area contributed by atoms with Crippen molar-refractivity contribution in [2.45, 2.75) is 37.4 Å².